The molecule has 0 bridgehead atoms. The van der Waals surface area contributed by atoms with Crippen molar-refractivity contribution in [1.82, 2.24) is 25.1 Å². The summed E-state index contributed by atoms with van der Waals surface area (Å²) in [6.07, 6.45) is 0. The lowest BCUT2D eigenvalue weighted by Crippen LogP contribution is -2.13. The van der Waals surface area contributed by atoms with Crippen molar-refractivity contribution < 1.29 is 5.11 Å². The fourth-order valence-corrected chi connectivity index (χ4v) is 3.77. The first-order chi connectivity index (χ1) is 13.3. The predicted molar refractivity (Wildman–Crippen MR) is 104 cm³/mol. The number of hydrogen-bond acceptors (Lipinski definition) is 6. The molecule has 2 aromatic carbocycles. The van der Waals surface area contributed by atoms with Crippen molar-refractivity contribution in [3.05, 3.63) is 66.2 Å². The topological polar surface area (TPSA) is 92.0 Å². The molecule has 0 radical (unpaired) electrons. The van der Waals surface area contributed by atoms with Gasteiger partial charge in [0.25, 0.3) is 0 Å². The Balaban J connectivity index is 1.55. The Bertz CT molecular complexity index is 1150. The van der Waals surface area contributed by atoms with Gasteiger partial charge in [-0.1, -0.05) is 54.2 Å². The first kappa shape index (κ1) is 15.8. The first-order valence-corrected chi connectivity index (χ1v) is 9.34. The molecule has 1 aliphatic heterocycles. The van der Waals surface area contributed by atoms with E-state index in [1.807, 2.05) is 48.5 Å². The number of phenolic OH excluding ortho intramolecular Hbond substituents is 1. The van der Waals surface area contributed by atoms with Gasteiger partial charge in [0.1, 0.15) is 11.4 Å². The van der Waals surface area contributed by atoms with Crippen LogP contribution in [0.5, 0.6) is 5.75 Å². The molecule has 0 amide bonds. The molecule has 0 spiro atoms. The Labute approximate surface area is 158 Å². The highest BCUT2D eigenvalue weighted by atomic mass is 32.2. The minimum atomic E-state index is 0.179. The van der Waals surface area contributed by atoms with Crippen molar-refractivity contribution in [1.29, 1.82) is 0 Å². The molecule has 0 atom stereocenters. The van der Waals surface area contributed by atoms with Crippen LogP contribution < -0.4 is 0 Å². The van der Waals surface area contributed by atoms with E-state index in [2.05, 4.69) is 20.4 Å². The highest BCUT2D eigenvalue weighted by Gasteiger charge is 2.22. The van der Waals surface area contributed by atoms with Crippen molar-refractivity contribution in [3.8, 4) is 28.5 Å². The lowest BCUT2D eigenvalue weighted by Gasteiger charge is -2.13. The van der Waals surface area contributed by atoms with Crippen LogP contribution in [-0.2, 0) is 0 Å². The highest BCUT2D eigenvalue weighted by molar-refractivity contribution is 7.99. The third-order valence-electron chi connectivity index (χ3n) is 4.28. The number of thioether (sulfide) groups is 1. The summed E-state index contributed by atoms with van der Waals surface area (Å²) >= 11 is 1.60. The molecule has 2 N–H and O–H groups in total. The van der Waals surface area contributed by atoms with Crippen molar-refractivity contribution in [2.24, 2.45) is 5.10 Å². The van der Waals surface area contributed by atoms with Crippen LogP contribution in [0.1, 0.15) is 5.56 Å². The number of aromatic nitrogens is 5. The number of aromatic amines is 1. The molecule has 2 aromatic heterocycles. The van der Waals surface area contributed by atoms with Gasteiger partial charge in [-0.2, -0.15) is 14.9 Å². The number of aromatic hydroxyl groups is 1. The zero-order chi connectivity index (χ0) is 18.2. The van der Waals surface area contributed by atoms with Crippen LogP contribution in [0.2, 0.25) is 0 Å². The summed E-state index contributed by atoms with van der Waals surface area (Å²) in [6, 6.07) is 19.0. The molecule has 8 heteroatoms. The first-order valence-electron chi connectivity index (χ1n) is 8.35. The number of hydrogen-bond donors (Lipinski definition) is 2. The normalized spacial score (nSPS) is 13.3. The van der Waals surface area contributed by atoms with Crippen LogP contribution in [0.3, 0.4) is 0 Å². The summed E-state index contributed by atoms with van der Waals surface area (Å²) in [5.41, 5.74) is 4.02. The number of nitrogens with zero attached hydrogens (tertiary/aromatic N) is 5. The van der Waals surface area contributed by atoms with Crippen molar-refractivity contribution in [3.63, 3.8) is 0 Å². The molecule has 0 unspecified atom stereocenters. The van der Waals surface area contributed by atoms with E-state index in [-0.39, 0.29) is 5.75 Å². The van der Waals surface area contributed by atoms with Crippen molar-refractivity contribution in [2.45, 2.75) is 5.16 Å². The van der Waals surface area contributed by atoms with Crippen molar-refractivity contribution >= 4 is 17.5 Å². The Hall–Kier alpha value is -3.39. The minimum absolute atomic E-state index is 0.179. The molecular weight excluding hydrogens is 360 g/mol. The molecule has 0 aliphatic carbocycles. The average Bonchev–Trinajstić information content (AvgIpc) is 3.35. The van der Waals surface area contributed by atoms with Crippen LogP contribution in [0.15, 0.2) is 70.9 Å². The van der Waals surface area contributed by atoms with E-state index >= 15 is 0 Å². The number of phenols is 1. The summed E-state index contributed by atoms with van der Waals surface area (Å²) in [6.45, 7) is 0. The van der Waals surface area contributed by atoms with Gasteiger partial charge in [-0.25, -0.2) is 0 Å². The molecule has 0 fully saturated rings. The van der Waals surface area contributed by atoms with Crippen LogP contribution in [0.4, 0.5) is 0 Å². The summed E-state index contributed by atoms with van der Waals surface area (Å²) in [5, 5.41) is 31.3. The second-order valence-electron chi connectivity index (χ2n) is 6.00. The summed E-state index contributed by atoms with van der Waals surface area (Å²) in [7, 11) is 0. The van der Waals surface area contributed by atoms with E-state index < -0.39 is 0 Å². The summed E-state index contributed by atoms with van der Waals surface area (Å²) in [4.78, 5) is 0. The standard InChI is InChI=1S/C19H14N6OS/c26-17-9-5-4-8-13(17)14-10-15(21-20-14)18-22-23-19-25(18)24-16(11-27-19)12-6-2-1-3-7-12/h1-10,26H,11H2,(H,20,21). The molecular formula is C19H14N6OS. The van der Waals surface area contributed by atoms with Gasteiger partial charge >= 0.3 is 0 Å². The average molecular weight is 374 g/mol. The van der Waals surface area contributed by atoms with Gasteiger partial charge in [0.05, 0.1) is 11.4 Å². The molecule has 132 valence electrons. The number of benzene rings is 2. The van der Waals surface area contributed by atoms with Crippen molar-refractivity contribution in [2.75, 3.05) is 5.75 Å². The quantitative estimate of drug-likeness (QED) is 0.573. The number of rotatable bonds is 3. The molecule has 3 heterocycles. The Morgan fingerprint density at radius 2 is 1.81 bits per heavy atom. The van der Waals surface area contributed by atoms with Crippen LogP contribution in [0.25, 0.3) is 22.8 Å². The van der Waals surface area contributed by atoms with Gasteiger partial charge in [0.2, 0.25) is 11.0 Å². The fourth-order valence-electron chi connectivity index (χ4n) is 2.93. The maximum absolute atomic E-state index is 10.0. The van der Waals surface area contributed by atoms with E-state index in [1.54, 1.807) is 28.6 Å². The van der Waals surface area contributed by atoms with Gasteiger partial charge in [-0.15, -0.1) is 10.2 Å². The zero-order valence-corrected chi connectivity index (χ0v) is 14.9. The lowest BCUT2D eigenvalue weighted by atomic mass is 10.1. The summed E-state index contributed by atoms with van der Waals surface area (Å²) < 4.78 is 1.73. The van der Waals surface area contributed by atoms with Gasteiger partial charge in [0, 0.05) is 11.3 Å². The largest absolute Gasteiger partial charge is 0.507 e. The van der Waals surface area contributed by atoms with E-state index in [0.717, 1.165) is 22.2 Å². The molecule has 1 aliphatic rings. The fraction of sp³-hybridized carbons (Fsp3) is 0.0526. The minimum Gasteiger partial charge on any atom is -0.507 e. The van der Waals surface area contributed by atoms with Gasteiger partial charge < -0.3 is 5.11 Å². The molecule has 27 heavy (non-hydrogen) atoms. The maximum Gasteiger partial charge on any atom is 0.212 e. The Morgan fingerprint density at radius 1 is 1.00 bits per heavy atom. The monoisotopic (exact) mass is 374 g/mol. The lowest BCUT2D eigenvalue weighted by molar-refractivity contribution is 0.477. The number of para-hydroxylation sites is 1. The SMILES string of the molecule is Oc1ccccc1-c1cc(-c2nnc3n2N=C(c2ccccc2)CS3)[nH]n1. The van der Waals surface area contributed by atoms with E-state index in [0.29, 0.717) is 22.8 Å². The van der Waals surface area contributed by atoms with E-state index in [1.165, 1.54) is 0 Å². The smallest absolute Gasteiger partial charge is 0.212 e. The molecule has 4 aromatic rings. The third kappa shape index (κ3) is 2.80. The number of nitrogens with one attached hydrogen (secondary N) is 1. The molecule has 0 saturated heterocycles. The number of fused-ring (bicyclic) bond motifs is 1. The maximum atomic E-state index is 10.0. The van der Waals surface area contributed by atoms with E-state index in [9.17, 15) is 5.11 Å². The number of H-pyrrole nitrogens is 1. The second-order valence-corrected chi connectivity index (χ2v) is 6.95. The van der Waals surface area contributed by atoms with E-state index in [4.69, 9.17) is 5.10 Å². The molecule has 7 nitrogen and oxygen atoms in total. The van der Waals surface area contributed by atoms with Crippen LogP contribution >= 0.6 is 11.8 Å². The molecule has 0 saturated carbocycles. The van der Waals surface area contributed by atoms with Gasteiger partial charge in [-0.3, -0.25) is 5.10 Å². The Morgan fingerprint density at radius 3 is 2.67 bits per heavy atom. The zero-order valence-electron chi connectivity index (χ0n) is 14.1. The van der Waals surface area contributed by atoms with Crippen LogP contribution in [-0.4, -0.2) is 41.6 Å². The van der Waals surface area contributed by atoms with Crippen LogP contribution in [0, 0.1) is 0 Å². The van der Waals surface area contributed by atoms with Gasteiger partial charge in [-0.05, 0) is 23.8 Å². The second kappa shape index (κ2) is 6.40. The summed E-state index contributed by atoms with van der Waals surface area (Å²) in [5.74, 6) is 1.51. The predicted octanol–water partition coefficient (Wildman–Crippen LogP) is 3.40. The Kier molecular flexibility index (Phi) is 3.75. The third-order valence-corrected chi connectivity index (χ3v) is 5.21. The van der Waals surface area contributed by atoms with Gasteiger partial charge in [0.15, 0.2) is 0 Å². The highest BCUT2D eigenvalue weighted by Crippen LogP contribution is 2.31. The molecule has 5 rings (SSSR count).